The highest BCUT2D eigenvalue weighted by Gasteiger charge is 2.67. The summed E-state index contributed by atoms with van der Waals surface area (Å²) in [4.78, 5) is 14.4. The van der Waals surface area contributed by atoms with E-state index >= 15 is 0 Å². The second-order valence-electron chi connectivity index (χ2n) is 12.9. The number of esters is 1. The van der Waals surface area contributed by atoms with Crippen LogP contribution in [-0.2, 0) is 14.3 Å². The number of hydrogen-bond donors (Lipinski definition) is 2. The molecule has 4 saturated carbocycles. The molecule has 0 radical (unpaired) electrons. The summed E-state index contributed by atoms with van der Waals surface area (Å²) in [7, 11) is 0. The minimum atomic E-state index is -0.629. The lowest BCUT2D eigenvalue weighted by molar-refractivity contribution is -0.207. The Bertz CT molecular complexity index is 860. The van der Waals surface area contributed by atoms with E-state index < -0.39 is 5.60 Å². The number of carbonyl (C=O) groups excluding carboxylic acids is 1. The molecule has 0 amide bonds. The molecule has 4 aliphatic carbocycles. The lowest BCUT2D eigenvalue weighted by Gasteiger charge is -2.64. The highest BCUT2D eigenvalue weighted by molar-refractivity contribution is 5.85. The van der Waals surface area contributed by atoms with Gasteiger partial charge in [-0.15, -0.1) is 0 Å². The van der Waals surface area contributed by atoms with Gasteiger partial charge in [0.2, 0.25) is 0 Å². The number of ether oxygens (including phenoxy) is 2. The maximum Gasteiger partial charge on any atom is 0.331 e. The van der Waals surface area contributed by atoms with E-state index in [1.807, 2.05) is 0 Å². The number of nitrogens with zero attached hydrogens (tertiary/aromatic N) is 1. The van der Waals surface area contributed by atoms with Crippen molar-refractivity contribution in [3.63, 3.8) is 0 Å². The summed E-state index contributed by atoms with van der Waals surface area (Å²) in [5.41, 5.74) is 0.648. The number of cyclic esters (lactones) is 1. The Balaban J connectivity index is 1.20. The molecule has 6 rings (SSSR count). The fourth-order valence-electron chi connectivity index (χ4n) is 9.90. The molecule has 6 nitrogen and oxygen atoms in total. The molecule has 0 aromatic carbocycles. The van der Waals surface area contributed by atoms with Crippen LogP contribution in [0.2, 0.25) is 0 Å². The van der Waals surface area contributed by atoms with Crippen LogP contribution in [0.5, 0.6) is 0 Å². The summed E-state index contributed by atoms with van der Waals surface area (Å²) in [5, 5.41) is 22.0. The van der Waals surface area contributed by atoms with Crippen LogP contribution in [0.1, 0.15) is 71.6 Å². The van der Waals surface area contributed by atoms with E-state index in [4.69, 9.17) is 9.47 Å². The second kappa shape index (κ2) is 8.29. The van der Waals surface area contributed by atoms with Gasteiger partial charge < -0.3 is 19.7 Å². The molecule has 2 N–H and O–H groups in total. The predicted molar refractivity (Wildman–Crippen MR) is 128 cm³/mol. The Morgan fingerprint density at radius 2 is 1.94 bits per heavy atom. The minimum Gasteiger partial charge on any atom is -0.458 e. The molecule has 0 aromatic rings. The molecule has 5 fully saturated rings. The smallest absolute Gasteiger partial charge is 0.331 e. The fraction of sp³-hybridized carbons (Fsp3) is 0.893. The average molecular weight is 474 g/mol. The molecule has 9 atom stereocenters. The molecular formula is C28H43NO5. The molecule has 0 unspecified atom stereocenters. The summed E-state index contributed by atoms with van der Waals surface area (Å²) in [6.45, 7) is 7.97. The Hall–Kier alpha value is -0.950. The number of morpholine rings is 1. The number of rotatable bonds is 3. The quantitative estimate of drug-likeness (QED) is 0.613. The zero-order valence-electron chi connectivity index (χ0n) is 21.0. The van der Waals surface area contributed by atoms with Gasteiger partial charge in [0.1, 0.15) is 6.61 Å². The first-order valence-electron chi connectivity index (χ1n) is 13.8. The third-order valence-corrected chi connectivity index (χ3v) is 11.8. The van der Waals surface area contributed by atoms with Gasteiger partial charge in [0.15, 0.2) is 0 Å². The van der Waals surface area contributed by atoms with Crippen LogP contribution in [0, 0.1) is 34.5 Å². The van der Waals surface area contributed by atoms with Gasteiger partial charge in [-0.2, -0.15) is 0 Å². The van der Waals surface area contributed by atoms with Crippen LogP contribution in [0.25, 0.3) is 0 Å². The normalized spacial score (nSPS) is 51.3. The third-order valence-electron chi connectivity index (χ3n) is 11.8. The van der Waals surface area contributed by atoms with Crippen molar-refractivity contribution in [2.24, 2.45) is 34.5 Å². The maximum absolute atomic E-state index is 12.4. The summed E-state index contributed by atoms with van der Waals surface area (Å²) in [6, 6.07) is 0.604. The summed E-state index contributed by atoms with van der Waals surface area (Å²) >= 11 is 0. The molecule has 6 heteroatoms. The largest absolute Gasteiger partial charge is 0.458 e. The van der Waals surface area contributed by atoms with Crippen LogP contribution in [0.4, 0.5) is 0 Å². The molecule has 0 bridgehead atoms. The van der Waals surface area contributed by atoms with Gasteiger partial charge in [-0.05, 0) is 92.4 Å². The SMILES string of the molecule is C[C@]12CC[C@H](N3CCO[C@H](CO)C3)C[C@H]1CC[C@@H]1[C@@H]2CC[C@]2(C)[C@@H](C3=CC(=O)OC3)CC[C@]12O. The zero-order valence-corrected chi connectivity index (χ0v) is 21.0. The van der Waals surface area contributed by atoms with Gasteiger partial charge in [0.05, 0.1) is 24.9 Å². The molecule has 190 valence electrons. The van der Waals surface area contributed by atoms with Crippen molar-refractivity contribution in [2.45, 2.75) is 89.4 Å². The highest BCUT2D eigenvalue weighted by Crippen LogP contribution is 2.70. The first kappa shape index (κ1) is 23.4. The Morgan fingerprint density at radius 1 is 1.09 bits per heavy atom. The van der Waals surface area contributed by atoms with E-state index in [1.165, 1.54) is 32.1 Å². The minimum absolute atomic E-state index is 0.0333. The first-order valence-corrected chi connectivity index (χ1v) is 13.8. The van der Waals surface area contributed by atoms with E-state index in [9.17, 15) is 15.0 Å². The van der Waals surface area contributed by atoms with Crippen molar-refractivity contribution >= 4 is 5.97 Å². The van der Waals surface area contributed by atoms with Crippen molar-refractivity contribution in [2.75, 3.05) is 32.9 Å². The van der Waals surface area contributed by atoms with E-state index in [1.54, 1.807) is 6.08 Å². The van der Waals surface area contributed by atoms with Gasteiger partial charge in [-0.25, -0.2) is 4.79 Å². The predicted octanol–water partition coefficient (Wildman–Crippen LogP) is 3.31. The molecule has 0 spiro atoms. The van der Waals surface area contributed by atoms with Crippen LogP contribution in [-0.4, -0.2) is 71.7 Å². The molecule has 34 heavy (non-hydrogen) atoms. The monoisotopic (exact) mass is 473 g/mol. The van der Waals surface area contributed by atoms with Crippen molar-refractivity contribution in [3.8, 4) is 0 Å². The van der Waals surface area contributed by atoms with Gasteiger partial charge >= 0.3 is 5.97 Å². The number of fused-ring (bicyclic) bond motifs is 5. The number of hydrogen-bond acceptors (Lipinski definition) is 6. The summed E-state index contributed by atoms with van der Waals surface area (Å²) in [5.74, 6) is 1.74. The molecule has 1 saturated heterocycles. The third kappa shape index (κ3) is 3.31. The van der Waals surface area contributed by atoms with E-state index in [0.29, 0.717) is 29.9 Å². The van der Waals surface area contributed by atoms with Crippen LogP contribution in [0.3, 0.4) is 0 Å². The maximum atomic E-state index is 12.4. The Labute approximate surface area is 204 Å². The topological polar surface area (TPSA) is 79.2 Å². The van der Waals surface area contributed by atoms with Crippen LogP contribution >= 0.6 is 0 Å². The van der Waals surface area contributed by atoms with Crippen molar-refractivity contribution in [3.05, 3.63) is 11.6 Å². The van der Waals surface area contributed by atoms with Gasteiger partial charge in [-0.1, -0.05) is 13.8 Å². The Morgan fingerprint density at radius 3 is 2.71 bits per heavy atom. The van der Waals surface area contributed by atoms with E-state index in [-0.39, 0.29) is 30.0 Å². The highest BCUT2D eigenvalue weighted by atomic mass is 16.5. The van der Waals surface area contributed by atoms with Crippen molar-refractivity contribution in [1.29, 1.82) is 0 Å². The molecule has 2 aliphatic heterocycles. The van der Waals surface area contributed by atoms with Crippen LogP contribution in [0.15, 0.2) is 11.6 Å². The van der Waals surface area contributed by atoms with Gasteiger partial charge in [0.25, 0.3) is 0 Å². The Kier molecular flexibility index (Phi) is 5.72. The number of aliphatic hydroxyl groups excluding tert-OH is 1. The summed E-state index contributed by atoms with van der Waals surface area (Å²) in [6.07, 6.45) is 11.8. The van der Waals surface area contributed by atoms with Crippen molar-refractivity contribution < 1.29 is 24.5 Å². The van der Waals surface area contributed by atoms with E-state index in [2.05, 4.69) is 18.7 Å². The van der Waals surface area contributed by atoms with E-state index in [0.717, 1.165) is 56.9 Å². The number of carbonyl (C=O) groups is 1. The lowest BCUT2D eigenvalue weighted by atomic mass is 9.43. The first-order chi connectivity index (χ1) is 16.3. The van der Waals surface area contributed by atoms with Gasteiger partial charge in [-0.3, -0.25) is 4.90 Å². The lowest BCUT2D eigenvalue weighted by Crippen LogP contribution is -2.63. The summed E-state index contributed by atoms with van der Waals surface area (Å²) < 4.78 is 11.0. The molecular weight excluding hydrogens is 430 g/mol. The molecule has 0 aromatic heterocycles. The standard InChI is InChI=1S/C28H43NO5/c1-26-8-5-20(29-11-12-33-21(15-29)16-30)14-19(26)3-4-24-23(26)6-9-27(2)22(7-10-28(24,27)32)18-13-25(31)34-17-18/h13,19-24,30,32H,3-12,14-17H2,1-2H3/t19-,20+,21+,22-,23+,24-,26+,27-,28+/m1/s1. The zero-order chi connectivity index (χ0) is 23.7. The second-order valence-corrected chi connectivity index (χ2v) is 12.9. The van der Waals surface area contributed by atoms with Crippen molar-refractivity contribution in [1.82, 2.24) is 4.90 Å². The number of aliphatic hydroxyl groups is 2. The molecule has 6 aliphatic rings. The van der Waals surface area contributed by atoms with Gasteiger partial charge in [0, 0.05) is 30.6 Å². The molecule has 2 heterocycles. The van der Waals surface area contributed by atoms with Crippen LogP contribution < -0.4 is 0 Å². The fourth-order valence-corrected chi connectivity index (χ4v) is 9.90. The average Bonchev–Trinajstić information content (AvgIpc) is 3.38.